The molecule has 1 aromatic rings. The van der Waals surface area contributed by atoms with E-state index in [1.54, 1.807) is 99.8 Å². The summed E-state index contributed by atoms with van der Waals surface area (Å²) in [4.78, 5) is 26.9. The van der Waals surface area contributed by atoms with Crippen LogP contribution in [-0.2, 0) is 33.3 Å². The van der Waals surface area contributed by atoms with Crippen molar-refractivity contribution in [1.82, 2.24) is 10.5 Å². The number of aliphatic hydroxyl groups is 14. The molecule has 16 N–H and O–H groups in total. The first-order chi connectivity index (χ1) is 38.7. The van der Waals surface area contributed by atoms with Gasteiger partial charge in [-0.3, -0.25) is 9.59 Å². The molecule has 0 aliphatic carbocycles. The monoisotopic (exact) mass is 1170 g/mol. The second kappa shape index (κ2) is 32.2. The number of aryl methyl sites for hydroxylation is 1. The lowest BCUT2D eigenvalue weighted by Crippen LogP contribution is -2.69. The van der Waals surface area contributed by atoms with Crippen LogP contribution in [0.2, 0.25) is 0 Å². The highest BCUT2D eigenvalue weighted by molar-refractivity contribution is 5.92. The van der Waals surface area contributed by atoms with Gasteiger partial charge in [0.05, 0.1) is 98.7 Å². The number of nitrogens with one attached hydrogen (secondary N) is 2. The molecule has 0 saturated carbocycles. The van der Waals surface area contributed by atoms with Gasteiger partial charge in [0.1, 0.15) is 36.3 Å². The maximum atomic E-state index is 14.1. The largest absolute Gasteiger partial charge is 0.462 e. The number of cyclic esters (lactones) is 1. The van der Waals surface area contributed by atoms with Crippen LogP contribution in [-0.4, -0.2) is 223 Å². The summed E-state index contributed by atoms with van der Waals surface area (Å²) in [7, 11) is 0. The minimum atomic E-state index is -2.48. The highest BCUT2D eigenvalue weighted by Gasteiger charge is 2.53. The quantitative estimate of drug-likeness (QED) is 0.146. The zero-order chi connectivity index (χ0) is 60.5. The number of fused-ring (bicyclic) bond motifs is 2. The lowest BCUT2D eigenvalue weighted by Gasteiger charge is -2.47. The summed E-state index contributed by atoms with van der Waals surface area (Å²) in [6.45, 7) is 7.00. The number of aromatic nitrogens is 1. The number of hydrogen-bond acceptors (Lipinski definition) is 24. The Labute approximate surface area is 476 Å². The van der Waals surface area contributed by atoms with Gasteiger partial charge in [-0.2, -0.15) is 0 Å². The van der Waals surface area contributed by atoms with Crippen molar-refractivity contribution in [3.05, 3.63) is 96.9 Å². The first-order valence-electron chi connectivity index (χ1n) is 27.8. The van der Waals surface area contributed by atoms with Crippen molar-refractivity contribution in [2.75, 3.05) is 18.5 Å². The number of amides is 1. The Hall–Kier alpha value is -4.43. The van der Waals surface area contributed by atoms with Crippen molar-refractivity contribution in [2.45, 2.75) is 208 Å². The molecule has 462 valence electrons. The number of ether oxygens (including phenoxy) is 5. The van der Waals surface area contributed by atoms with Crippen LogP contribution in [0.4, 0.5) is 5.82 Å². The standard InChI is InChI=1S/C57H87N3O22/c1-31-18-16-14-12-10-8-6-7-9-11-13-15-17-19-39(80-55-52(72)48(50(70)35(5)79-55)58-30-57(76)53(73)51(71)43(67)29-77-57)26-44-47(54(74)59-45-22-32(2)82-60-45)42(66)28-56(75,81-44)27-38(63)24-41(65)40(64)21-20-36(61)23-37(62)25-46(68)78-34(4)33(3)49(31)69/h6-19,22,31,33-44,47-53,55,58,61-67,69-73,75-76H,20-21,23-30H2,1-5H3,(H,59,60,74)/b7-6+,10-8+,11-9+,14-12+,15-13+,18-16+,19-17+/t31-,33?,34-,35+,36+,37+,38-,39-,40+,41+,42-,43+,44?,47?,48-,49+,50+,51-,52-,53-,55?,56+,57+/m0/s1. The van der Waals surface area contributed by atoms with Gasteiger partial charge in [-0.15, -0.1) is 0 Å². The zero-order valence-corrected chi connectivity index (χ0v) is 46.8. The third kappa shape index (κ3) is 20.4. The smallest absolute Gasteiger partial charge is 0.308 e. The maximum absolute atomic E-state index is 14.1. The number of rotatable bonds is 7. The number of anilines is 1. The van der Waals surface area contributed by atoms with Crippen LogP contribution in [0.3, 0.4) is 0 Å². The summed E-state index contributed by atoms with van der Waals surface area (Å²) >= 11 is 0. The number of aliphatic hydroxyl groups excluding tert-OH is 12. The lowest BCUT2D eigenvalue weighted by molar-refractivity contribution is -0.323. The fraction of sp³-hybridized carbons (Fsp3) is 0.667. The minimum absolute atomic E-state index is 0.0132. The third-order valence-electron chi connectivity index (χ3n) is 15.1. The van der Waals surface area contributed by atoms with Crippen LogP contribution >= 0.6 is 0 Å². The lowest BCUT2D eigenvalue weighted by atomic mass is 9.82. The number of carbonyl (C=O) groups is 2. The number of esters is 1. The SMILES string of the molecule is Cc1cc(NC(=O)C2C3C[C@@H](OC4O[C@H](C)[C@@H](O)[C@H](NC[C@@]5(O)OC[C@@H](O)[C@H](O)[C@@H]5O)[C@@H]4O)/C=C/C=C/C=C/C=C/C=C/C=C/C=C/[C@H](C)[C@@H](O)C(C)[C@H](C)OC(=O)C[C@H](O)C[C@H](O)CC[C@@H](O)[C@H](O)C[C@H](O)C[C@](O)(C[C@@H]2O)O3)no1. The van der Waals surface area contributed by atoms with E-state index in [0.717, 1.165) is 0 Å². The van der Waals surface area contributed by atoms with Gasteiger partial charge in [-0.25, -0.2) is 0 Å². The van der Waals surface area contributed by atoms with E-state index in [1.807, 2.05) is 6.92 Å². The fourth-order valence-electron chi connectivity index (χ4n) is 10.1. The minimum Gasteiger partial charge on any atom is -0.462 e. The number of allylic oxidation sites excluding steroid dienone is 12. The number of nitrogens with zero attached hydrogens (tertiary/aromatic N) is 1. The van der Waals surface area contributed by atoms with E-state index in [2.05, 4.69) is 15.8 Å². The molecule has 3 fully saturated rings. The van der Waals surface area contributed by atoms with Gasteiger partial charge < -0.3 is 110 Å². The van der Waals surface area contributed by atoms with Gasteiger partial charge in [0, 0.05) is 43.6 Å². The molecule has 25 heteroatoms. The zero-order valence-electron chi connectivity index (χ0n) is 46.8. The summed E-state index contributed by atoms with van der Waals surface area (Å²) in [6, 6.07) is 0.0544. The molecule has 23 atom stereocenters. The van der Waals surface area contributed by atoms with Gasteiger partial charge in [-0.1, -0.05) is 104 Å². The van der Waals surface area contributed by atoms with Crippen LogP contribution < -0.4 is 10.6 Å². The summed E-state index contributed by atoms with van der Waals surface area (Å²) < 4.78 is 34.4. The molecule has 5 heterocycles. The Bertz CT molecular complexity index is 2350. The van der Waals surface area contributed by atoms with E-state index < -0.39 is 191 Å². The Balaban J connectivity index is 1.43. The van der Waals surface area contributed by atoms with Crippen molar-refractivity contribution >= 4 is 17.7 Å². The van der Waals surface area contributed by atoms with E-state index in [9.17, 15) is 81.1 Å². The normalized spacial score (nSPS) is 44.2. The Morgan fingerprint density at radius 1 is 0.683 bits per heavy atom. The first-order valence-corrected chi connectivity index (χ1v) is 27.8. The first kappa shape index (κ1) is 68.4. The molecule has 0 spiro atoms. The van der Waals surface area contributed by atoms with Gasteiger partial charge in [0.2, 0.25) is 11.7 Å². The topological polar surface area (TPSA) is 414 Å². The Kier molecular flexibility index (Phi) is 26.8. The molecule has 2 bridgehead atoms. The van der Waals surface area contributed by atoms with Crippen LogP contribution in [0, 0.1) is 24.7 Å². The van der Waals surface area contributed by atoms with Crippen LogP contribution in [0.25, 0.3) is 0 Å². The molecule has 4 aliphatic heterocycles. The highest BCUT2D eigenvalue weighted by Crippen LogP contribution is 2.39. The molecule has 5 rings (SSSR count). The molecule has 4 unspecified atom stereocenters. The summed E-state index contributed by atoms with van der Waals surface area (Å²) in [5, 5.41) is 163. The van der Waals surface area contributed by atoms with Crippen molar-refractivity contribution in [3.8, 4) is 0 Å². The molecular formula is C57H87N3O22. The van der Waals surface area contributed by atoms with E-state index in [4.69, 9.17) is 28.2 Å². The highest BCUT2D eigenvalue weighted by atomic mass is 16.7. The number of carbonyl (C=O) groups excluding carboxylic acids is 2. The Morgan fingerprint density at radius 3 is 1.93 bits per heavy atom. The van der Waals surface area contributed by atoms with Crippen molar-refractivity contribution in [1.29, 1.82) is 0 Å². The van der Waals surface area contributed by atoms with Gasteiger partial charge in [0.25, 0.3) is 0 Å². The fourth-order valence-corrected chi connectivity index (χ4v) is 10.1. The molecule has 3 saturated heterocycles. The van der Waals surface area contributed by atoms with Crippen molar-refractivity contribution in [3.63, 3.8) is 0 Å². The van der Waals surface area contributed by atoms with Crippen LogP contribution in [0.5, 0.6) is 0 Å². The van der Waals surface area contributed by atoms with Gasteiger partial charge in [-0.05, 0) is 40.0 Å². The van der Waals surface area contributed by atoms with Crippen molar-refractivity contribution in [2.24, 2.45) is 17.8 Å². The molecule has 1 aromatic heterocycles. The summed E-state index contributed by atoms with van der Waals surface area (Å²) in [6.07, 6.45) is -3.94. The average molecular weight is 1170 g/mol. The predicted octanol–water partition coefficient (Wildman–Crippen LogP) is -1.01. The predicted molar refractivity (Wildman–Crippen MR) is 292 cm³/mol. The van der Waals surface area contributed by atoms with E-state index in [0.29, 0.717) is 5.76 Å². The van der Waals surface area contributed by atoms with Crippen molar-refractivity contribution < 1.29 is 109 Å². The molecule has 4 aliphatic rings. The van der Waals surface area contributed by atoms with Crippen LogP contribution in [0.1, 0.15) is 84.8 Å². The average Bonchev–Trinajstić information content (AvgIpc) is 3.82. The summed E-state index contributed by atoms with van der Waals surface area (Å²) in [5.74, 6) is -8.43. The maximum Gasteiger partial charge on any atom is 0.308 e. The van der Waals surface area contributed by atoms with Gasteiger partial charge >= 0.3 is 5.97 Å². The molecule has 25 nitrogen and oxygen atoms in total. The van der Waals surface area contributed by atoms with E-state index >= 15 is 0 Å². The molecular weight excluding hydrogens is 1080 g/mol. The molecule has 82 heavy (non-hydrogen) atoms. The molecule has 1 amide bonds. The van der Waals surface area contributed by atoms with E-state index in [-0.39, 0.29) is 31.0 Å². The second-order valence-corrected chi connectivity index (χ2v) is 22.0. The second-order valence-electron chi connectivity index (χ2n) is 22.0. The van der Waals surface area contributed by atoms with E-state index in [1.165, 1.54) is 19.1 Å². The van der Waals surface area contributed by atoms with Gasteiger partial charge in [0.15, 0.2) is 17.9 Å². The van der Waals surface area contributed by atoms with Crippen LogP contribution in [0.15, 0.2) is 95.7 Å². The third-order valence-corrected chi connectivity index (χ3v) is 15.1. The summed E-state index contributed by atoms with van der Waals surface area (Å²) in [5.41, 5.74) is 0. The number of hydrogen-bond donors (Lipinski definition) is 16. The molecule has 0 radical (unpaired) electrons. The Morgan fingerprint density at radius 2 is 1.30 bits per heavy atom. The molecule has 0 aromatic carbocycles.